The lowest BCUT2D eigenvalue weighted by Crippen LogP contribution is -2.41. The van der Waals surface area contributed by atoms with Crippen molar-refractivity contribution in [3.05, 3.63) is 17.8 Å². The molecule has 5 heteroatoms. The molecular formula is C11H14N4S. The maximum absolute atomic E-state index is 9.03. The molecule has 0 N–H and O–H groups in total. The molecule has 0 aliphatic carbocycles. The highest BCUT2D eigenvalue weighted by Gasteiger charge is 2.24. The van der Waals surface area contributed by atoms with Crippen LogP contribution in [0.2, 0.25) is 0 Å². The van der Waals surface area contributed by atoms with Crippen molar-refractivity contribution in [3.8, 4) is 6.07 Å². The van der Waals surface area contributed by atoms with Crippen molar-refractivity contribution in [3.63, 3.8) is 0 Å². The Morgan fingerprint density at radius 2 is 2.12 bits per heavy atom. The minimum atomic E-state index is 0.567. The van der Waals surface area contributed by atoms with Gasteiger partial charge in [0.15, 0.2) is 5.82 Å². The van der Waals surface area contributed by atoms with Gasteiger partial charge in [-0.15, -0.1) is 5.10 Å². The Bertz CT molecular complexity index is 405. The lowest BCUT2D eigenvalue weighted by molar-refractivity contribution is 0.710. The molecular weight excluding hydrogens is 220 g/mol. The van der Waals surface area contributed by atoms with Crippen LogP contribution in [0.15, 0.2) is 12.3 Å². The van der Waals surface area contributed by atoms with Crippen molar-refractivity contribution >= 4 is 17.6 Å². The van der Waals surface area contributed by atoms with Gasteiger partial charge in [-0.05, 0) is 6.07 Å². The molecule has 2 heterocycles. The molecule has 84 valence electrons. The number of rotatable bonds is 1. The van der Waals surface area contributed by atoms with Gasteiger partial charge in [0.2, 0.25) is 0 Å². The maximum atomic E-state index is 9.03. The van der Waals surface area contributed by atoms with Crippen LogP contribution in [0.5, 0.6) is 0 Å². The van der Waals surface area contributed by atoms with E-state index in [1.807, 2.05) is 11.8 Å². The zero-order chi connectivity index (χ0) is 11.5. The third-order valence-electron chi connectivity index (χ3n) is 2.54. The Kier molecular flexibility index (Phi) is 3.30. The van der Waals surface area contributed by atoms with Gasteiger partial charge in [0.25, 0.3) is 0 Å². The molecule has 2 atom stereocenters. The summed E-state index contributed by atoms with van der Waals surface area (Å²) in [5.41, 5.74) is 0.612. The zero-order valence-corrected chi connectivity index (χ0v) is 10.2. The molecule has 0 bridgehead atoms. The highest BCUT2D eigenvalue weighted by Crippen LogP contribution is 2.28. The van der Waals surface area contributed by atoms with E-state index in [1.165, 1.54) is 0 Å². The smallest absolute Gasteiger partial charge is 0.169 e. The molecule has 0 aromatic carbocycles. The fraction of sp³-hybridized carbons (Fsp3) is 0.545. The molecule has 0 radical (unpaired) electrons. The van der Waals surface area contributed by atoms with Gasteiger partial charge in [-0.1, -0.05) is 13.8 Å². The summed E-state index contributed by atoms with van der Waals surface area (Å²) in [7, 11) is 0. The number of nitriles is 1. The van der Waals surface area contributed by atoms with Gasteiger partial charge in [-0.3, -0.25) is 0 Å². The summed E-state index contributed by atoms with van der Waals surface area (Å²) in [5, 5.41) is 18.1. The standard InChI is InChI=1S/C11H14N4S/c1-8-6-15(7-9(2)16-8)11-10(5-12)3-4-13-14-11/h3-4,8-9H,6-7H2,1-2H3. The van der Waals surface area contributed by atoms with Crippen LogP contribution in [-0.2, 0) is 0 Å². The largest absolute Gasteiger partial charge is 0.352 e. The Balaban J connectivity index is 2.26. The van der Waals surface area contributed by atoms with Crippen molar-refractivity contribution < 1.29 is 0 Å². The number of aromatic nitrogens is 2. The first-order chi connectivity index (χ1) is 7.70. The van der Waals surface area contributed by atoms with Gasteiger partial charge in [0, 0.05) is 23.6 Å². The van der Waals surface area contributed by atoms with E-state index in [0.29, 0.717) is 16.1 Å². The van der Waals surface area contributed by atoms with Gasteiger partial charge in [-0.2, -0.15) is 22.1 Å². The van der Waals surface area contributed by atoms with Crippen LogP contribution >= 0.6 is 11.8 Å². The number of thioether (sulfide) groups is 1. The summed E-state index contributed by atoms with van der Waals surface area (Å²) in [6, 6.07) is 3.89. The van der Waals surface area contributed by atoms with Crippen molar-refractivity contribution in [2.75, 3.05) is 18.0 Å². The molecule has 16 heavy (non-hydrogen) atoms. The molecule has 1 aliphatic heterocycles. The van der Waals surface area contributed by atoms with Gasteiger partial charge in [0.05, 0.1) is 11.8 Å². The molecule has 1 aliphatic rings. The molecule has 4 nitrogen and oxygen atoms in total. The highest BCUT2D eigenvalue weighted by atomic mass is 32.2. The first-order valence-corrected chi connectivity index (χ1v) is 6.27. The Morgan fingerprint density at radius 3 is 2.75 bits per heavy atom. The van der Waals surface area contributed by atoms with E-state index in [0.717, 1.165) is 18.9 Å². The van der Waals surface area contributed by atoms with Crippen molar-refractivity contribution in [2.45, 2.75) is 24.3 Å². The second-order valence-corrected chi connectivity index (χ2v) is 5.92. The molecule has 0 amide bonds. The van der Waals surface area contributed by atoms with E-state index in [9.17, 15) is 0 Å². The molecule has 1 aromatic heterocycles. The van der Waals surface area contributed by atoms with Crippen LogP contribution in [0.3, 0.4) is 0 Å². The summed E-state index contributed by atoms with van der Waals surface area (Å²) in [6.07, 6.45) is 1.56. The van der Waals surface area contributed by atoms with E-state index in [1.54, 1.807) is 12.3 Å². The molecule has 0 saturated carbocycles. The maximum Gasteiger partial charge on any atom is 0.169 e. The van der Waals surface area contributed by atoms with E-state index >= 15 is 0 Å². The number of nitrogens with zero attached hydrogens (tertiary/aromatic N) is 4. The van der Waals surface area contributed by atoms with Gasteiger partial charge >= 0.3 is 0 Å². The second kappa shape index (κ2) is 4.71. The van der Waals surface area contributed by atoms with Gasteiger partial charge in [-0.25, -0.2) is 0 Å². The molecule has 1 saturated heterocycles. The lowest BCUT2D eigenvalue weighted by Gasteiger charge is -2.35. The van der Waals surface area contributed by atoms with E-state index in [-0.39, 0.29) is 0 Å². The Labute approximate surface area is 99.7 Å². The third kappa shape index (κ3) is 2.27. The fourth-order valence-corrected chi connectivity index (χ4v) is 3.32. The van der Waals surface area contributed by atoms with Crippen molar-refractivity contribution in [1.82, 2.24) is 10.2 Å². The van der Waals surface area contributed by atoms with Gasteiger partial charge < -0.3 is 4.90 Å². The van der Waals surface area contributed by atoms with E-state index < -0.39 is 0 Å². The van der Waals surface area contributed by atoms with Crippen molar-refractivity contribution in [2.24, 2.45) is 0 Å². The second-order valence-electron chi connectivity index (χ2n) is 4.04. The summed E-state index contributed by atoms with van der Waals surface area (Å²) >= 11 is 1.98. The fourth-order valence-electron chi connectivity index (χ4n) is 2.00. The predicted octanol–water partition coefficient (Wildman–Crippen LogP) is 1.68. The van der Waals surface area contributed by atoms with Crippen LogP contribution < -0.4 is 4.90 Å². The summed E-state index contributed by atoms with van der Waals surface area (Å²) in [6.45, 7) is 6.27. The average molecular weight is 234 g/mol. The lowest BCUT2D eigenvalue weighted by atomic mass is 10.2. The van der Waals surface area contributed by atoms with Crippen LogP contribution in [-0.4, -0.2) is 33.8 Å². The minimum Gasteiger partial charge on any atom is -0.352 e. The predicted molar refractivity (Wildman–Crippen MR) is 65.5 cm³/mol. The van der Waals surface area contributed by atoms with E-state index in [4.69, 9.17) is 5.26 Å². The monoisotopic (exact) mass is 234 g/mol. The van der Waals surface area contributed by atoms with Crippen LogP contribution in [0, 0.1) is 11.3 Å². The van der Waals surface area contributed by atoms with E-state index in [2.05, 4.69) is 35.0 Å². The third-order valence-corrected chi connectivity index (χ3v) is 3.77. The molecule has 2 unspecified atom stereocenters. The zero-order valence-electron chi connectivity index (χ0n) is 9.42. The quantitative estimate of drug-likeness (QED) is 0.740. The minimum absolute atomic E-state index is 0.567. The average Bonchev–Trinajstić information content (AvgIpc) is 2.27. The first kappa shape index (κ1) is 11.2. The molecule has 1 aromatic rings. The Morgan fingerprint density at radius 1 is 1.44 bits per heavy atom. The molecule has 0 spiro atoms. The number of anilines is 1. The topological polar surface area (TPSA) is 52.8 Å². The highest BCUT2D eigenvalue weighted by molar-refractivity contribution is 8.00. The summed E-state index contributed by atoms with van der Waals surface area (Å²) in [4.78, 5) is 2.16. The first-order valence-electron chi connectivity index (χ1n) is 5.33. The number of hydrogen-bond acceptors (Lipinski definition) is 5. The van der Waals surface area contributed by atoms with Crippen LogP contribution in [0.25, 0.3) is 0 Å². The number of hydrogen-bond donors (Lipinski definition) is 0. The van der Waals surface area contributed by atoms with Crippen molar-refractivity contribution in [1.29, 1.82) is 5.26 Å². The van der Waals surface area contributed by atoms with Crippen LogP contribution in [0.4, 0.5) is 5.82 Å². The Hall–Kier alpha value is -1.28. The normalized spacial score (nSPS) is 25.2. The molecule has 2 rings (SSSR count). The summed E-state index contributed by atoms with van der Waals surface area (Å²) in [5.74, 6) is 0.726. The van der Waals surface area contributed by atoms with Crippen LogP contribution in [0.1, 0.15) is 19.4 Å². The SMILES string of the molecule is CC1CN(c2nnccc2C#N)CC(C)S1. The summed E-state index contributed by atoms with van der Waals surface area (Å²) < 4.78 is 0. The molecule has 1 fully saturated rings. The van der Waals surface area contributed by atoms with Gasteiger partial charge in [0.1, 0.15) is 6.07 Å².